The van der Waals surface area contributed by atoms with Crippen LogP contribution in [0.4, 0.5) is 0 Å². The number of rotatable bonds is 2. The lowest BCUT2D eigenvalue weighted by Gasteiger charge is -2.28. The molecule has 1 saturated heterocycles. The molecule has 7 heteroatoms. The van der Waals surface area contributed by atoms with Gasteiger partial charge in [-0.2, -0.15) is 0 Å². The minimum absolute atomic E-state index is 0.126. The van der Waals surface area contributed by atoms with Gasteiger partial charge in [-0.1, -0.05) is 0 Å². The monoisotopic (exact) mass is 251 g/mol. The van der Waals surface area contributed by atoms with Crippen molar-refractivity contribution in [2.24, 2.45) is 0 Å². The van der Waals surface area contributed by atoms with Crippen molar-refractivity contribution in [3.8, 4) is 0 Å². The maximum absolute atomic E-state index is 12.0. The number of likely N-dealkylation sites (N-methyl/N-ethyl adjacent to an activating group) is 1. The van der Waals surface area contributed by atoms with Gasteiger partial charge in [-0.3, -0.25) is 29.4 Å². The van der Waals surface area contributed by atoms with Crippen LogP contribution >= 0.6 is 0 Å². The zero-order valence-corrected chi connectivity index (χ0v) is 10.1. The molecule has 0 saturated carbocycles. The summed E-state index contributed by atoms with van der Waals surface area (Å²) in [7, 11) is 1.54. The van der Waals surface area contributed by atoms with Crippen molar-refractivity contribution in [2.75, 3.05) is 7.05 Å². The molecule has 96 valence electrons. The molecule has 1 atom stereocenters. The molecule has 7 nitrogen and oxygen atoms in total. The lowest BCUT2D eigenvalue weighted by atomic mass is 10.0. The van der Waals surface area contributed by atoms with Gasteiger partial charge in [-0.15, -0.1) is 0 Å². The Morgan fingerprint density at radius 2 is 1.89 bits per heavy atom. The standard InChI is InChI=1S/C11H13N3O4/c1-5-8(12-2)11(18)14(10(5)17)6-3-4-7(15)13-9(6)16/h6,12H,3-4H2,1-2H3,(H,13,15,16). The van der Waals surface area contributed by atoms with Gasteiger partial charge in [-0.25, -0.2) is 0 Å². The molecule has 0 aromatic carbocycles. The first-order chi connectivity index (χ1) is 8.47. The average Bonchev–Trinajstić information content (AvgIpc) is 2.52. The quantitative estimate of drug-likeness (QED) is 0.592. The number of imide groups is 2. The molecule has 0 radical (unpaired) electrons. The summed E-state index contributed by atoms with van der Waals surface area (Å²) in [5, 5.41) is 4.79. The predicted octanol–water partition coefficient (Wildman–Crippen LogP) is -1.35. The van der Waals surface area contributed by atoms with Gasteiger partial charge >= 0.3 is 0 Å². The largest absolute Gasteiger partial charge is 0.383 e. The minimum atomic E-state index is -0.900. The Morgan fingerprint density at radius 1 is 1.22 bits per heavy atom. The highest BCUT2D eigenvalue weighted by molar-refractivity contribution is 6.21. The van der Waals surface area contributed by atoms with Crippen LogP contribution in [0, 0.1) is 0 Å². The minimum Gasteiger partial charge on any atom is -0.383 e. The van der Waals surface area contributed by atoms with E-state index in [2.05, 4.69) is 10.6 Å². The highest BCUT2D eigenvalue weighted by atomic mass is 16.2. The molecular formula is C11H13N3O4. The van der Waals surface area contributed by atoms with E-state index in [4.69, 9.17) is 0 Å². The van der Waals surface area contributed by atoms with Crippen LogP contribution in [-0.4, -0.2) is 41.6 Å². The summed E-state index contributed by atoms with van der Waals surface area (Å²) in [4.78, 5) is 47.6. The lowest BCUT2D eigenvalue weighted by molar-refractivity contribution is -0.150. The fourth-order valence-corrected chi connectivity index (χ4v) is 2.17. The van der Waals surface area contributed by atoms with Crippen LogP contribution in [-0.2, 0) is 19.2 Å². The van der Waals surface area contributed by atoms with Gasteiger partial charge in [0.25, 0.3) is 11.8 Å². The maximum atomic E-state index is 12.0. The van der Waals surface area contributed by atoms with E-state index in [0.29, 0.717) is 0 Å². The summed E-state index contributed by atoms with van der Waals surface area (Å²) in [5.74, 6) is -1.99. The smallest absolute Gasteiger partial charge is 0.278 e. The van der Waals surface area contributed by atoms with Crippen molar-refractivity contribution >= 4 is 23.6 Å². The first-order valence-corrected chi connectivity index (χ1v) is 5.57. The molecule has 4 amide bonds. The highest BCUT2D eigenvalue weighted by Crippen LogP contribution is 2.24. The van der Waals surface area contributed by atoms with Crippen LogP contribution in [0.3, 0.4) is 0 Å². The molecule has 0 bridgehead atoms. The van der Waals surface area contributed by atoms with E-state index in [1.807, 2.05) is 0 Å². The Morgan fingerprint density at radius 3 is 2.39 bits per heavy atom. The fraction of sp³-hybridized carbons (Fsp3) is 0.455. The van der Waals surface area contributed by atoms with Crippen LogP contribution in [0.5, 0.6) is 0 Å². The first-order valence-electron chi connectivity index (χ1n) is 5.57. The van der Waals surface area contributed by atoms with Crippen molar-refractivity contribution in [1.82, 2.24) is 15.5 Å². The topological polar surface area (TPSA) is 95.6 Å². The van der Waals surface area contributed by atoms with Gasteiger partial charge in [0, 0.05) is 19.0 Å². The Bertz CT molecular complexity index is 495. The van der Waals surface area contributed by atoms with Crippen LogP contribution in [0.2, 0.25) is 0 Å². The molecule has 0 aromatic rings. The Kier molecular flexibility index (Phi) is 2.90. The summed E-state index contributed by atoms with van der Waals surface area (Å²) in [6.45, 7) is 1.53. The second-order valence-corrected chi connectivity index (χ2v) is 4.20. The van der Waals surface area contributed by atoms with Crippen LogP contribution < -0.4 is 10.6 Å². The molecule has 2 aliphatic heterocycles. The lowest BCUT2D eigenvalue weighted by Crippen LogP contribution is -2.55. The summed E-state index contributed by atoms with van der Waals surface area (Å²) < 4.78 is 0. The molecular weight excluding hydrogens is 238 g/mol. The number of hydrogen-bond donors (Lipinski definition) is 2. The molecule has 2 rings (SSSR count). The van der Waals surface area contributed by atoms with Gasteiger partial charge in [0.1, 0.15) is 11.7 Å². The van der Waals surface area contributed by atoms with Crippen LogP contribution in [0.15, 0.2) is 11.3 Å². The molecule has 1 fully saturated rings. The van der Waals surface area contributed by atoms with Crippen LogP contribution in [0.25, 0.3) is 0 Å². The van der Waals surface area contributed by atoms with Gasteiger partial charge in [-0.05, 0) is 13.3 Å². The molecule has 2 heterocycles. The second kappa shape index (κ2) is 4.25. The van der Waals surface area contributed by atoms with Crippen molar-refractivity contribution in [2.45, 2.75) is 25.8 Å². The van der Waals surface area contributed by atoms with Gasteiger partial charge in [0.05, 0.1) is 0 Å². The summed E-state index contributed by atoms with van der Waals surface area (Å²) >= 11 is 0. The van der Waals surface area contributed by atoms with Crippen molar-refractivity contribution < 1.29 is 19.2 Å². The summed E-state index contributed by atoms with van der Waals surface area (Å²) in [5.41, 5.74) is 0.483. The number of carbonyl (C=O) groups is 4. The van der Waals surface area contributed by atoms with Crippen molar-refractivity contribution in [3.63, 3.8) is 0 Å². The molecule has 2 aliphatic rings. The molecule has 1 unspecified atom stereocenters. The van der Waals surface area contributed by atoms with Crippen LogP contribution in [0.1, 0.15) is 19.8 Å². The molecule has 0 spiro atoms. The van der Waals surface area contributed by atoms with Crippen molar-refractivity contribution in [1.29, 1.82) is 0 Å². The Hall–Kier alpha value is -2.18. The van der Waals surface area contributed by atoms with E-state index in [1.165, 1.54) is 14.0 Å². The molecule has 0 aliphatic carbocycles. The first kappa shape index (κ1) is 12.3. The van der Waals surface area contributed by atoms with E-state index in [-0.39, 0.29) is 30.0 Å². The zero-order valence-electron chi connectivity index (χ0n) is 10.1. The third-order valence-corrected chi connectivity index (χ3v) is 3.12. The maximum Gasteiger partial charge on any atom is 0.278 e. The Labute approximate surface area is 103 Å². The third kappa shape index (κ3) is 1.68. The normalized spacial score (nSPS) is 24.8. The summed E-state index contributed by atoms with van der Waals surface area (Å²) in [6.07, 6.45) is 0.299. The molecule has 18 heavy (non-hydrogen) atoms. The number of hydrogen-bond acceptors (Lipinski definition) is 5. The molecule has 2 N–H and O–H groups in total. The summed E-state index contributed by atoms with van der Waals surface area (Å²) in [6, 6.07) is -0.900. The van der Waals surface area contributed by atoms with E-state index < -0.39 is 23.8 Å². The number of nitrogens with one attached hydrogen (secondary N) is 2. The Balaban J connectivity index is 2.27. The van der Waals surface area contributed by atoms with E-state index in [1.54, 1.807) is 0 Å². The second-order valence-electron chi connectivity index (χ2n) is 4.20. The number of carbonyl (C=O) groups excluding carboxylic acids is 4. The number of amides is 4. The van der Waals surface area contributed by atoms with Gasteiger partial charge in [0.2, 0.25) is 11.8 Å². The van der Waals surface area contributed by atoms with E-state index in [0.717, 1.165) is 4.90 Å². The zero-order chi connectivity index (χ0) is 13.4. The number of nitrogens with zero attached hydrogens (tertiary/aromatic N) is 1. The molecule has 0 aromatic heterocycles. The van der Waals surface area contributed by atoms with Gasteiger partial charge < -0.3 is 5.32 Å². The SMILES string of the molecule is CNC1=C(C)C(=O)N(C2CCC(=O)NC2=O)C1=O. The van der Waals surface area contributed by atoms with E-state index >= 15 is 0 Å². The van der Waals surface area contributed by atoms with E-state index in [9.17, 15) is 19.2 Å². The number of piperidine rings is 1. The third-order valence-electron chi connectivity index (χ3n) is 3.12. The average molecular weight is 251 g/mol. The van der Waals surface area contributed by atoms with Crippen molar-refractivity contribution in [3.05, 3.63) is 11.3 Å². The predicted molar refractivity (Wildman–Crippen MR) is 59.8 cm³/mol. The van der Waals surface area contributed by atoms with Gasteiger partial charge in [0.15, 0.2) is 0 Å². The highest BCUT2D eigenvalue weighted by Gasteiger charge is 2.44. The fourth-order valence-electron chi connectivity index (χ4n) is 2.17.